The number of carbonyl (C=O) groups excluding carboxylic acids is 3. The maximum absolute atomic E-state index is 14.3. The molecule has 3 fully saturated rings. The van der Waals surface area contributed by atoms with E-state index in [1.807, 2.05) is 45.0 Å². The quantitative estimate of drug-likeness (QED) is 0.210. The van der Waals surface area contributed by atoms with Crippen molar-refractivity contribution in [2.24, 2.45) is 5.41 Å². The van der Waals surface area contributed by atoms with Gasteiger partial charge < -0.3 is 15.3 Å². The van der Waals surface area contributed by atoms with Crippen molar-refractivity contribution in [3.63, 3.8) is 0 Å². The molecule has 0 radical (unpaired) electrons. The number of fused-ring (bicyclic) bond motifs is 2. The molecule has 1 unspecified atom stereocenters. The van der Waals surface area contributed by atoms with Crippen LogP contribution in [0.25, 0.3) is 22.0 Å². The molecule has 0 bridgehead atoms. The van der Waals surface area contributed by atoms with Crippen molar-refractivity contribution in [2.75, 3.05) is 25.0 Å². The van der Waals surface area contributed by atoms with Gasteiger partial charge in [0.1, 0.15) is 34.5 Å². The highest BCUT2D eigenvalue weighted by molar-refractivity contribution is 9.10. The molecule has 7 rings (SSSR count). The normalized spacial score (nSPS) is 22.5. The fraction of sp³-hybridized carbons (Fsp3) is 0.424. The van der Waals surface area contributed by atoms with Crippen molar-refractivity contribution < 1.29 is 19.5 Å². The highest BCUT2D eigenvalue weighted by atomic mass is 79.9. The number of hydrogen-bond donors (Lipinski definition) is 2. The van der Waals surface area contributed by atoms with E-state index >= 15 is 0 Å². The van der Waals surface area contributed by atoms with Gasteiger partial charge in [0.05, 0.1) is 11.6 Å². The number of aliphatic hydroxyl groups excluding tert-OH is 1. The smallest absolute Gasteiger partial charge is 0.248 e. The van der Waals surface area contributed by atoms with E-state index in [9.17, 15) is 19.5 Å². The van der Waals surface area contributed by atoms with Crippen LogP contribution in [0.4, 0.5) is 5.82 Å². The second-order valence-electron chi connectivity index (χ2n) is 13.0. The molecule has 3 aliphatic rings. The number of nitrogens with one attached hydrogen (secondary N) is 1. The molecule has 238 valence electrons. The molecule has 4 aromatic rings. The van der Waals surface area contributed by atoms with Crippen molar-refractivity contribution >= 4 is 50.2 Å². The van der Waals surface area contributed by atoms with E-state index in [1.54, 1.807) is 22.0 Å². The predicted molar refractivity (Wildman–Crippen MR) is 174 cm³/mol. The number of nitrogens with zero attached hydrogens (tertiary/aromatic N) is 7. The molecule has 2 aliphatic heterocycles. The van der Waals surface area contributed by atoms with Gasteiger partial charge in [-0.1, -0.05) is 6.07 Å². The van der Waals surface area contributed by atoms with Crippen LogP contribution in [-0.4, -0.2) is 95.1 Å². The van der Waals surface area contributed by atoms with Gasteiger partial charge in [-0.2, -0.15) is 5.10 Å². The number of amides is 2. The number of aryl methyl sites for hydroxylation is 3. The minimum absolute atomic E-state index is 0.103. The van der Waals surface area contributed by atoms with Gasteiger partial charge in [-0.3, -0.25) is 24.0 Å². The molecule has 1 aromatic carbocycles. The number of anilines is 1. The second kappa shape index (κ2) is 11.3. The third-order valence-electron chi connectivity index (χ3n) is 9.56. The summed E-state index contributed by atoms with van der Waals surface area (Å²) in [6.07, 6.45) is 4.48. The van der Waals surface area contributed by atoms with E-state index in [1.165, 1.54) is 6.92 Å². The molecule has 1 aliphatic carbocycles. The number of pyridine rings is 1. The lowest BCUT2D eigenvalue weighted by Gasteiger charge is -2.38. The lowest BCUT2D eigenvalue weighted by atomic mass is 9.96. The number of carbonyl (C=O) groups is 3. The zero-order valence-electron chi connectivity index (χ0n) is 26.1. The van der Waals surface area contributed by atoms with Crippen molar-refractivity contribution in [2.45, 2.75) is 65.3 Å². The van der Waals surface area contributed by atoms with E-state index in [0.717, 1.165) is 35.2 Å². The van der Waals surface area contributed by atoms with Crippen LogP contribution in [-0.2, 0) is 16.1 Å². The Morgan fingerprint density at radius 3 is 2.48 bits per heavy atom. The number of halogens is 1. The van der Waals surface area contributed by atoms with Gasteiger partial charge in [0, 0.05) is 61.4 Å². The van der Waals surface area contributed by atoms with E-state index in [0.29, 0.717) is 46.7 Å². The summed E-state index contributed by atoms with van der Waals surface area (Å²) in [5.74, 6) is 0.384. The number of ketones is 1. The van der Waals surface area contributed by atoms with E-state index in [4.69, 9.17) is 0 Å². The number of rotatable bonds is 8. The predicted octanol–water partition coefficient (Wildman–Crippen LogP) is 3.45. The summed E-state index contributed by atoms with van der Waals surface area (Å²) in [5.41, 5.74) is 4.10. The van der Waals surface area contributed by atoms with Gasteiger partial charge in [-0.05, 0) is 84.4 Å². The third kappa shape index (κ3) is 5.39. The molecule has 13 heteroatoms. The largest absolute Gasteiger partial charge is 0.390 e. The summed E-state index contributed by atoms with van der Waals surface area (Å²) in [7, 11) is 0. The number of piperidine rings is 1. The van der Waals surface area contributed by atoms with Gasteiger partial charge in [0.2, 0.25) is 11.8 Å². The van der Waals surface area contributed by atoms with Crippen LogP contribution in [0.15, 0.2) is 41.3 Å². The van der Waals surface area contributed by atoms with Gasteiger partial charge in [-0.25, -0.2) is 15.0 Å². The number of hydrogen-bond acceptors (Lipinski definition) is 9. The summed E-state index contributed by atoms with van der Waals surface area (Å²) >= 11 is 3.38. The van der Waals surface area contributed by atoms with Crippen molar-refractivity contribution in [3.05, 3.63) is 63.9 Å². The first-order chi connectivity index (χ1) is 21.9. The van der Waals surface area contributed by atoms with E-state index in [-0.39, 0.29) is 47.4 Å². The maximum Gasteiger partial charge on any atom is 0.248 e. The number of likely N-dealkylation sites (tertiary alicyclic amines) is 2. The third-order valence-corrected chi connectivity index (χ3v) is 10.00. The van der Waals surface area contributed by atoms with Gasteiger partial charge in [0.15, 0.2) is 5.78 Å². The van der Waals surface area contributed by atoms with E-state index < -0.39 is 6.04 Å². The Morgan fingerprint density at radius 2 is 1.78 bits per heavy atom. The lowest BCUT2D eigenvalue weighted by molar-refractivity contribution is -0.138. The molecule has 3 aromatic heterocycles. The Balaban J connectivity index is 1.21. The number of Topliss-reactive ketones (excluding diaryl/α,β-unsaturated/α-hetero) is 1. The fourth-order valence-electron chi connectivity index (χ4n) is 7.21. The van der Waals surface area contributed by atoms with Crippen LogP contribution in [0.1, 0.15) is 47.2 Å². The average Bonchev–Trinajstić information content (AvgIpc) is 3.38. The molecule has 3 atom stereocenters. The Bertz CT molecular complexity index is 1900. The number of benzene rings is 1. The first kappa shape index (κ1) is 30.6. The molecule has 5 heterocycles. The Morgan fingerprint density at radius 1 is 1.04 bits per heavy atom. The summed E-state index contributed by atoms with van der Waals surface area (Å²) in [6, 6.07) is 6.76. The van der Waals surface area contributed by atoms with Crippen LogP contribution >= 0.6 is 15.9 Å². The average molecular weight is 688 g/mol. The number of aromatic nitrogens is 5. The number of aliphatic hydroxyl groups is 1. The summed E-state index contributed by atoms with van der Waals surface area (Å²) in [5, 5.41) is 18.1. The SMILES string of the molecule is CC(=O)c1nn(CC(=O)N2C3C[C@]3(CN3CC(O)C3)C[C@H]2C(=O)Nc2nc(Br)ccc2C)c2c(C)cc(-c3cnc(C)nc3)cc12. The Kier molecular flexibility index (Phi) is 7.52. The van der Waals surface area contributed by atoms with Crippen LogP contribution in [0.5, 0.6) is 0 Å². The van der Waals surface area contributed by atoms with Crippen LogP contribution in [0.2, 0.25) is 0 Å². The molecular formula is C33H35BrN8O4. The molecule has 2 N–H and O–H groups in total. The Labute approximate surface area is 274 Å². The molecule has 2 amide bonds. The zero-order chi connectivity index (χ0) is 32.5. The van der Waals surface area contributed by atoms with Crippen molar-refractivity contribution in [1.29, 1.82) is 0 Å². The minimum atomic E-state index is -0.694. The monoisotopic (exact) mass is 686 g/mol. The fourth-order valence-corrected chi connectivity index (χ4v) is 7.52. The highest BCUT2D eigenvalue weighted by Gasteiger charge is 2.67. The molecule has 12 nitrogen and oxygen atoms in total. The van der Waals surface area contributed by atoms with Crippen molar-refractivity contribution in [3.8, 4) is 11.1 Å². The van der Waals surface area contributed by atoms with Gasteiger partial charge >= 0.3 is 0 Å². The van der Waals surface area contributed by atoms with Gasteiger partial charge in [-0.15, -0.1) is 0 Å². The summed E-state index contributed by atoms with van der Waals surface area (Å²) in [4.78, 5) is 57.8. The van der Waals surface area contributed by atoms with Crippen LogP contribution < -0.4 is 5.32 Å². The number of β-amino-alcohol motifs (C(OH)–C–C–N with tert-alkyl or cyclic N) is 1. The minimum Gasteiger partial charge on any atom is -0.390 e. The summed E-state index contributed by atoms with van der Waals surface area (Å²) in [6.45, 7) is 8.89. The second-order valence-corrected chi connectivity index (χ2v) is 13.8. The zero-order valence-corrected chi connectivity index (χ0v) is 27.7. The van der Waals surface area contributed by atoms with Gasteiger partial charge in [0.25, 0.3) is 0 Å². The first-order valence-corrected chi connectivity index (χ1v) is 16.2. The lowest BCUT2D eigenvalue weighted by Crippen LogP contribution is -2.52. The molecular weight excluding hydrogens is 652 g/mol. The summed E-state index contributed by atoms with van der Waals surface area (Å²) < 4.78 is 2.20. The molecule has 2 saturated heterocycles. The highest BCUT2D eigenvalue weighted by Crippen LogP contribution is 2.60. The standard InChI is InChI=1S/C33H35BrN8O4/c1-17-5-6-27(34)37-31(17)38-32(46)25-9-33(16-40-13-23(44)14-40)10-26(33)42(25)28(45)15-41-30-18(2)7-21(22-11-35-20(4)36-12-22)8-24(30)29(39-41)19(3)43/h5-8,11-12,23,25-26,44H,9-10,13-16H2,1-4H3,(H,37,38,46)/t25-,26?,33-/m0/s1. The van der Waals surface area contributed by atoms with E-state index in [2.05, 4.69) is 46.2 Å². The van der Waals surface area contributed by atoms with Crippen LogP contribution in [0.3, 0.4) is 0 Å². The maximum atomic E-state index is 14.3. The topological polar surface area (TPSA) is 146 Å². The molecule has 46 heavy (non-hydrogen) atoms. The first-order valence-electron chi connectivity index (χ1n) is 15.4. The molecule has 1 saturated carbocycles. The Hall–Kier alpha value is -4.07. The van der Waals surface area contributed by atoms with Crippen molar-refractivity contribution in [1.82, 2.24) is 34.5 Å². The molecule has 0 spiro atoms. The van der Waals surface area contributed by atoms with Crippen LogP contribution in [0, 0.1) is 26.2 Å².